The maximum absolute atomic E-state index is 10.3. The zero-order chi connectivity index (χ0) is 11.1. The van der Waals surface area contributed by atoms with Crippen molar-refractivity contribution in [1.82, 2.24) is 10.2 Å². The lowest BCUT2D eigenvalue weighted by Crippen LogP contribution is -2.43. The van der Waals surface area contributed by atoms with Gasteiger partial charge in [-0.05, 0) is 32.5 Å². The van der Waals surface area contributed by atoms with E-state index in [4.69, 9.17) is 5.73 Å². The SMILES string of the molecule is CCN1CCC(NCCOC(N)=O)CC1. The first-order valence-electron chi connectivity index (χ1n) is 5.60. The fourth-order valence-corrected chi connectivity index (χ4v) is 1.87. The maximum atomic E-state index is 10.3. The third kappa shape index (κ3) is 4.99. The molecule has 0 aromatic carbocycles. The van der Waals surface area contributed by atoms with Gasteiger partial charge in [-0.25, -0.2) is 4.79 Å². The minimum atomic E-state index is -0.697. The van der Waals surface area contributed by atoms with Crippen LogP contribution in [0.25, 0.3) is 0 Å². The predicted octanol–water partition coefficient (Wildman–Crippen LogP) is 0.156. The van der Waals surface area contributed by atoms with Crippen LogP contribution in [-0.4, -0.2) is 49.8 Å². The first kappa shape index (κ1) is 12.3. The largest absolute Gasteiger partial charge is 0.448 e. The van der Waals surface area contributed by atoms with Crippen LogP contribution in [0.15, 0.2) is 0 Å². The Balaban J connectivity index is 2.01. The molecule has 0 saturated carbocycles. The molecule has 0 aliphatic carbocycles. The number of hydrogen-bond donors (Lipinski definition) is 2. The first-order chi connectivity index (χ1) is 7.22. The number of nitrogens with one attached hydrogen (secondary N) is 1. The van der Waals surface area contributed by atoms with Crippen LogP contribution in [0.5, 0.6) is 0 Å². The van der Waals surface area contributed by atoms with Crippen molar-refractivity contribution in [3.05, 3.63) is 0 Å². The molecule has 3 N–H and O–H groups in total. The summed E-state index contributed by atoms with van der Waals surface area (Å²) in [5, 5.41) is 3.36. The topological polar surface area (TPSA) is 67.6 Å². The summed E-state index contributed by atoms with van der Waals surface area (Å²) in [7, 11) is 0. The van der Waals surface area contributed by atoms with Crippen LogP contribution in [0, 0.1) is 0 Å². The number of hydrogen-bond acceptors (Lipinski definition) is 4. The van der Waals surface area contributed by atoms with Crippen LogP contribution in [0.4, 0.5) is 4.79 Å². The van der Waals surface area contributed by atoms with E-state index < -0.39 is 6.09 Å². The average molecular weight is 215 g/mol. The molecule has 0 radical (unpaired) electrons. The van der Waals surface area contributed by atoms with Gasteiger partial charge in [-0.3, -0.25) is 0 Å². The highest BCUT2D eigenvalue weighted by Gasteiger charge is 2.16. The Morgan fingerprint density at radius 3 is 2.73 bits per heavy atom. The van der Waals surface area contributed by atoms with E-state index in [-0.39, 0.29) is 0 Å². The van der Waals surface area contributed by atoms with Crippen LogP contribution >= 0.6 is 0 Å². The molecule has 1 saturated heterocycles. The van der Waals surface area contributed by atoms with Crippen molar-refractivity contribution in [2.24, 2.45) is 5.73 Å². The van der Waals surface area contributed by atoms with Gasteiger partial charge < -0.3 is 20.7 Å². The molecule has 5 heteroatoms. The quantitative estimate of drug-likeness (QED) is 0.641. The molecule has 0 atom stereocenters. The molecule has 1 heterocycles. The van der Waals surface area contributed by atoms with Gasteiger partial charge in [0, 0.05) is 12.6 Å². The number of nitrogens with zero attached hydrogens (tertiary/aromatic N) is 1. The molecule has 1 fully saturated rings. The highest BCUT2D eigenvalue weighted by molar-refractivity contribution is 5.64. The van der Waals surface area contributed by atoms with Gasteiger partial charge in [0.2, 0.25) is 0 Å². The van der Waals surface area contributed by atoms with E-state index in [1.165, 1.54) is 12.8 Å². The summed E-state index contributed by atoms with van der Waals surface area (Å²) in [5.74, 6) is 0. The first-order valence-corrected chi connectivity index (χ1v) is 5.60. The van der Waals surface area contributed by atoms with Crippen molar-refractivity contribution in [2.45, 2.75) is 25.8 Å². The van der Waals surface area contributed by atoms with Gasteiger partial charge in [0.15, 0.2) is 0 Å². The molecule has 0 unspecified atom stereocenters. The van der Waals surface area contributed by atoms with Crippen LogP contribution in [0.3, 0.4) is 0 Å². The summed E-state index contributed by atoms with van der Waals surface area (Å²) in [5.41, 5.74) is 4.85. The standard InChI is InChI=1S/C10H21N3O2/c1-2-13-6-3-9(4-7-13)12-5-8-15-10(11)14/h9,12H,2-8H2,1H3,(H2,11,14). The Kier molecular flexibility index (Phi) is 5.42. The van der Waals surface area contributed by atoms with Crippen LogP contribution in [0.1, 0.15) is 19.8 Å². The van der Waals surface area contributed by atoms with Crippen LogP contribution in [-0.2, 0) is 4.74 Å². The molecule has 1 amide bonds. The summed E-state index contributed by atoms with van der Waals surface area (Å²) >= 11 is 0. The van der Waals surface area contributed by atoms with Crippen LogP contribution < -0.4 is 11.1 Å². The third-order valence-electron chi connectivity index (χ3n) is 2.81. The smallest absolute Gasteiger partial charge is 0.404 e. The number of primary amides is 1. The van der Waals surface area contributed by atoms with Crippen molar-refractivity contribution in [3.8, 4) is 0 Å². The van der Waals surface area contributed by atoms with Gasteiger partial charge in [0.1, 0.15) is 6.61 Å². The monoisotopic (exact) mass is 215 g/mol. The van der Waals surface area contributed by atoms with E-state index in [1.54, 1.807) is 0 Å². The van der Waals surface area contributed by atoms with Crippen molar-refractivity contribution < 1.29 is 9.53 Å². The van der Waals surface area contributed by atoms with Crippen molar-refractivity contribution in [2.75, 3.05) is 32.8 Å². The number of ether oxygens (including phenoxy) is 1. The van der Waals surface area contributed by atoms with Gasteiger partial charge >= 0.3 is 6.09 Å². The molecular formula is C10H21N3O2. The van der Waals surface area contributed by atoms with E-state index in [9.17, 15) is 4.79 Å². The fourth-order valence-electron chi connectivity index (χ4n) is 1.87. The summed E-state index contributed by atoms with van der Waals surface area (Å²) in [6.45, 7) is 6.70. The molecule has 0 aromatic heterocycles. The molecule has 1 rings (SSSR count). The van der Waals surface area contributed by atoms with Gasteiger partial charge in [0.25, 0.3) is 0 Å². The lowest BCUT2D eigenvalue weighted by atomic mass is 10.1. The number of likely N-dealkylation sites (tertiary alicyclic amines) is 1. The maximum Gasteiger partial charge on any atom is 0.404 e. The number of piperidine rings is 1. The summed E-state index contributed by atoms with van der Waals surface area (Å²) in [4.78, 5) is 12.7. The molecule has 1 aliphatic rings. The van der Waals surface area contributed by atoms with E-state index in [0.29, 0.717) is 19.2 Å². The van der Waals surface area contributed by atoms with Crippen molar-refractivity contribution in [1.29, 1.82) is 0 Å². The zero-order valence-electron chi connectivity index (χ0n) is 9.37. The lowest BCUT2D eigenvalue weighted by molar-refractivity contribution is 0.151. The van der Waals surface area contributed by atoms with E-state index >= 15 is 0 Å². The Hall–Kier alpha value is -0.810. The van der Waals surface area contributed by atoms with Crippen LogP contribution in [0.2, 0.25) is 0 Å². The predicted molar refractivity (Wildman–Crippen MR) is 58.7 cm³/mol. The molecule has 0 aromatic rings. The van der Waals surface area contributed by atoms with Gasteiger partial charge in [0.05, 0.1) is 0 Å². The fraction of sp³-hybridized carbons (Fsp3) is 0.900. The average Bonchev–Trinajstić information content (AvgIpc) is 2.25. The number of rotatable bonds is 5. The molecule has 0 bridgehead atoms. The third-order valence-corrected chi connectivity index (χ3v) is 2.81. The number of amides is 1. The molecular weight excluding hydrogens is 194 g/mol. The molecule has 88 valence electrons. The van der Waals surface area contributed by atoms with Gasteiger partial charge in [-0.2, -0.15) is 0 Å². The van der Waals surface area contributed by atoms with Gasteiger partial charge in [-0.15, -0.1) is 0 Å². The molecule has 1 aliphatic heterocycles. The lowest BCUT2D eigenvalue weighted by Gasteiger charge is -2.31. The summed E-state index contributed by atoms with van der Waals surface area (Å²) in [6.07, 6.45) is 1.65. The molecule has 5 nitrogen and oxygen atoms in total. The Labute approximate surface area is 90.9 Å². The second-order valence-electron chi connectivity index (χ2n) is 3.83. The van der Waals surface area contributed by atoms with E-state index in [0.717, 1.165) is 19.6 Å². The highest BCUT2D eigenvalue weighted by Crippen LogP contribution is 2.09. The minimum Gasteiger partial charge on any atom is -0.448 e. The Morgan fingerprint density at radius 1 is 1.53 bits per heavy atom. The summed E-state index contributed by atoms with van der Waals surface area (Å²) in [6, 6.07) is 0.560. The van der Waals surface area contributed by atoms with Gasteiger partial charge in [-0.1, -0.05) is 6.92 Å². The number of carbonyl (C=O) groups excluding carboxylic acids is 1. The molecule has 15 heavy (non-hydrogen) atoms. The molecule has 0 spiro atoms. The number of nitrogens with two attached hydrogens (primary N) is 1. The summed E-state index contributed by atoms with van der Waals surface area (Å²) < 4.78 is 4.64. The van der Waals surface area contributed by atoms with E-state index in [1.807, 2.05) is 0 Å². The highest BCUT2D eigenvalue weighted by atomic mass is 16.5. The second kappa shape index (κ2) is 6.63. The Bertz CT molecular complexity index is 191. The second-order valence-corrected chi connectivity index (χ2v) is 3.83. The van der Waals surface area contributed by atoms with Crippen molar-refractivity contribution in [3.63, 3.8) is 0 Å². The normalized spacial score (nSPS) is 19.0. The Morgan fingerprint density at radius 2 is 2.20 bits per heavy atom. The minimum absolute atomic E-state index is 0.364. The van der Waals surface area contributed by atoms with E-state index in [2.05, 4.69) is 21.9 Å². The number of carbonyl (C=O) groups is 1. The zero-order valence-corrected chi connectivity index (χ0v) is 9.37. The van der Waals surface area contributed by atoms with Crippen molar-refractivity contribution >= 4 is 6.09 Å².